The Morgan fingerprint density at radius 1 is 1.21 bits per heavy atom. The van der Waals surface area contributed by atoms with E-state index in [1.807, 2.05) is 78.5 Å². The summed E-state index contributed by atoms with van der Waals surface area (Å²) in [6.45, 7) is 14.2. The minimum absolute atomic E-state index is 0.0174. The Kier molecular flexibility index (Phi) is 7.90. The van der Waals surface area contributed by atoms with E-state index in [0.29, 0.717) is 10.6 Å². The highest BCUT2D eigenvalue weighted by atomic mass is 35.5. The first kappa shape index (κ1) is 24.5. The molecule has 0 saturated carbocycles. The summed E-state index contributed by atoms with van der Waals surface area (Å²) < 4.78 is 0. The number of allylic oxidation sites excluding steroid dienone is 3. The van der Waals surface area contributed by atoms with Crippen LogP contribution in [-0.4, -0.2) is 11.2 Å². The van der Waals surface area contributed by atoms with Crippen molar-refractivity contribution in [2.75, 3.05) is 10.2 Å². The van der Waals surface area contributed by atoms with Crippen molar-refractivity contribution in [1.82, 2.24) is 4.90 Å². The van der Waals surface area contributed by atoms with Crippen LogP contribution in [0.2, 0.25) is 0 Å². The Hall–Kier alpha value is -3.15. The third-order valence-corrected chi connectivity index (χ3v) is 5.77. The number of nitrogens with one attached hydrogen (secondary N) is 1. The molecule has 33 heavy (non-hydrogen) atoms. The van der Waals surface area contributed by atoms with Gasteiger partial charge in [-0.25, -0.2) is 0 Å². The number of nitrogens with zero attached hydrogens (tertiary/aromatic N) is 2. The molecule has 2 aromatic carbocycles. The van der Waals surface area contributed by atoms with Crippen LogP contribution in [0.3, 0.4) is 0 Å². The average molecular weight is 478 g/mol. The third kappa shape index (κ3) is 5.81. The molecule has 3 rings (SSSR count). The molecule has 0 bridgehead atoms. The SMILES string of the molecule is C=CN(C=C(C)C)c1ccc(NC2=CC(Cl)=CN(C(C)c3ccc(S)cc3)C2=C)cc1C=O. The van der Waals surface area contributed by atoms with Crippen LogP contribution in [0.25, 0.3) is 0 Å². The monoisotopic (exact) mass is 477 g/mol. The molecule has 0 fully saturated rings. The zero-order valence-corrected chi connectivity index (χ0v) is 20.7. The van der Waals surface area contributed by atoms with Crippen LogP contribution in [0.4, 0.5) is 11.4 Å². The molecule has 1 N–H and O–H groups in total. The fraction of sp³-hybridized carbons (Fsp3) is 0.148. The van der Waals surface area contributed by atoms with Crippen molar-refractivity contribution in [2.24, 2.45) is 0 Å². The highest BCUT2D eigenvalue weighted by molar-refractivity contribution is 7.80. The molecule has 0 aliphatic carbocycles. The maximum Gasteiger partial charge on any atom is 0.152 e. The highest BCUT2D eigenvalue weighted by Gasteiger charge is 2.22. The van der Waals surface area contributed by atoms with Gasteiger partial charge in [-0.2, -0.15) is 0 Å². The fourth-order valence-corrected chi connectivity index (χ4v) is 3.95. The lowest BCUT2D eigenvalue weighted by Crippen LogP contribution is -2.26. The van der Waals surface area contributed by atoms with Crippen LogP contribution in [0, 0.1) is 0 Å². The van der Waals surface area contributed by atoms with E-state index in [1.54, 1.807) is 12.3 Å². The second-order valence-corrected chi connectivity index (χ2v) is 8.96. The number of halogens is 1. The standard InChI is InChI=1S/C27H28ClN3OS/c1-6-30(15-18(2)3)27-12-9-24(13-22(27)17-32)29-26-14-23(28)16-31(20(26)5)19(4)21-7-10-25(33)11-8-21/h6-17,19,29,33H,1,5H2,2-4H3. The summed E-state index contributed by atoms with van der Waals surface area (Å²) in [5, 5.41) is 3.95. The van der Waals surface area contributed by atoms with Gasteiger partial charge in [0.15, 0.2) is 6.29 Å². The molecule has 1 atom stereocenters. The van der Waals surface area contributed by atoms with Gasteiger partial charge in [0.05, 0.1) is 28.2 Å². The molecular formula is C27H28ClN3OS. The summed E-state index contributed by atoms with van der Waals surface area (Å²) in [4.78, 5) is 16.6. The largest absolute Gasteiger partial charge is 0.354 e. The van der Waals surface area contributed by atoms with E-state index in [2.05, 4.69) is 38.0 Å². The van der Waals surface area contributed by atoms with Gasteiger partial charge in [0.2, 0.25) is 0 Å². The molecule has 1 aliphatic heterocycles. The van der Waals surface area contributed by atoms with Crippen molar-refractivity contribution in [3.63, 3.8) is 0 Å². The molecule has 0 radical (unpaired) electrons. The number of carbonyl (C=O) groups is 1. The molecule has 1 aliphatic rings. The van der Waals surface area contributed by atoms with E-state index in [9.17, 15) is 4.79 Å². The molecule has 0 amide bonds. The molecule has 6 heteroatoms. The van der Waals surface area contributed by atoms with E-state index in [0.717, 1.165) is 45.1 Å². The summed E-state index contributed by atoms with van der Waals surface area (Å²) in [6.07, 6.45) is 8.15. The number of hydrogen-bond donors (Lipinski definition) is 2. The number of hydrogen-bond acceptors (Lipinski definition) is 5. The number of benzene rings is 2. The predicted octanol–water partition coefficient (Wildman–Crippen LogP) is 7.63. The van der Waals surface area contributed by atoms with E-state index in [-0.39, 0.29) is 6.04 Å². The molecule has 1 unspecified atom stereocenters. The first-order valence-electron chi connectivity index (χ1n) is 10.5. The van der Waals surface area contributed by atoms with E-state index in [1.165, 1.54) is 0 Å². The number of rotatable bonds is 8. The lowest BCUT2D eigenvalue weighted by atomic mass is 10.0. The Balaban J connectivity index is 1.86. The molecular weight excluding hydrogens is 450 g/mol. The summed E-state index contributed by atoms with van der Waals surface area (Å²) in [5.74, 6) is 0. The first-order valence-corrected chi connectivity index (χ1v) is 11.3. The summed E-state index contributed by atoms with van der Waals surface area (Å²) in [6, 6.07) is 13.6. The van der Waals surface area contributed by atoms with Crippen molar-refractivity contribution >= 4 is 41.9 Å². The van der Waals surface area contributed by atoms with Gasteiger partial charge in [-0.15, -0.1) is 12.6 Å². The van der Waals surface area contributed by atoms with Crippen molar-refractivity contribution in [1.29, 1.82) is 0 Å². The fourth-order valence-electron chi connectivity index (χ4n) is 3.59. The Bertz CT molecular complexity index is 1160. The predicted molar refractivity (Wildman–Crippen MR) is 143 cm³/mol. The third-order valence-electron chi connectivity index (χ3n) is 5.27. The van der Waals surface area contributed by atoms with Crippen LogP contribution in [0.5, 0.6) is 0 Å². The number of thiol groups is 1. The Labute approximate surface area is 206 Å². The zero-order valence-electron chi connectivity index (χ0n) is 19.0. The Morgan fingerprint density at radius 2 is 1.91 bits per heavy atom. The molecule has 170 valence electrons. The quantitative estimate of drug-likeness (QED) is 0.302. The molecule has 0 spiro atoms. The van der Waals surface area contributed by atoms with Gasteiger partial charge in [-0.05, 0) is 62.7 Å². The van der Waals surface area contributed by atoms with Crippen molar-refractivity contribution in [2.45, 2.75) is 31.7 Å². The molecule has 0 aromatic heterocycles. The summed E-state index contributed by atoms with van der Waals surface area (Å²) >= 11 is 10.8. The van der Waals surface area contributed by atoms with Crippen LogP contribution in [-0.2, 0) is 0 Å². The maximum atomic E-state index is 11.8. The van der Waals surface area contributed by atoms with Crippen molar-refractivity contribution in [3.8, 4) is 0 Å². The topological polar surface area (TPSA) is 35.6 Å². The summed E-state index contributed by atoms with van der Waals surface area (Å²) in [5.41, 5.74) is 5.80. The lowest BCUT2D eigenvalue weighted by molar-refractivity contribution is 0.112. The van der Waals surface area contributed by atoms with Crippen molar-refractivity contribution < 1.29 is 4.79 Å². The second kappa shape index (κ2) is 10.6. The van der Waals surface area contributed by atoms with Gasteiger partial charge in [0, 0.05) is 34.7 Å². The Morgan fingerprint density at radius 3 is 2.52 bits per heavy atom. The second-order valence-electron chi connectivity index (χ2n) is 8.01. The maximum absolute atomic E-state index is 11.8. The first-order chi connectivity index (χ1) is 15.7. The lowest BCUT2D eigenvalue weighted by Gasteiger charge is -2.34. The molecule has 0 saturated heterocycles. The normalized spacial score (nSPS) is 14.1. The molecule has 2 aromatic rings. The van der Waals surface area contributed by atoms with E-state index >= 15 is 0 Å². The summed E-state index contributed by atoms with van der Waals surface area (Å²) in [7, 11) is 0. The van der Waals surface area contributed by atoms with Gasteiger partial charge in [-0.3, -0.25) is 4.79 Å². The smallest absolute Gasteiger partial charge is 0.152 e. The minimum Gasteiger partial charge on any atom is -0.354 e. The number of carbonyl (C=O) groups excluding carboxylic acids is 1. The van der Waals surface area contributed by atoms with Gasteiger partial charge < -0.3 is 15.1 Å². The number of anilines is 2. The minimum atomic E-state index is 0.0174. The van der Waals surface area contributed by atoms with E-state index in [4.69, 9.17) is 11.6 Å². The van der Waals surface area contributed by atoms with Crippen LogP contribution in [0.15, 0.2) is 107 Å². The zero-order chi connectivity index (χ0) is 24.1. The number of aldehydes is 1. The average Bonchev–Trinajstić information content (AvgIpc) is 2.79. The highest BCUT2D eigenvalue weighted by Crippen LogP contribution is 2.34. The van der Waals surface area contributed by atoms with Crippen LogP contribution >= 0.6 is 24.2 Å². The van der Waals surface area contributed by atoms with Gasteiger partial charge >= 0.3 is 0 Å². The van der Waals surface area contributed by atoms with Crippen molar-refractivity contribution in [3.05, 3.63) is 113 Å². The van der Waals surface area contributed by atoms with E-state index < -0.39 is 0 Å². The van der Waals surface area contributed by atoms with Gasteiger partial charge in [-0.1, -0.05) is 42.5 Å². The molecule has 4 nitrogen and oxygen atoms in total. The molecule has 1 heterocycles. The van der Waals surface area contributed by atoms with Crippen LogP contribution in [0.1, 0.15) is 42.7 Å². The van der Waals surface area contributed by atoms with Crippen LogP contribution < -0.4 is 10.2 Å². The van der Waals surface area contributed by atoms with Gasteiger partial charge in [0.1, 0.15) is 0 Å². The van der Waals surface area contributed by atoms with Gasteiger partial charge in [0.25, 0.3) is 0 Å².